The van der Waals surface area contributed by atoms with Crippen molar-refractivity contribution >= 4 is 27.8 Å². The molecule has 29 heavy (non-hydrogen) atoms. The number of fused-ring (bicyclic) bond motifs is 2. The van der Waals surface area contributed by atoms with E-state index in [4.69, 9.17) is 0 Å². The van der Waals surface area contributed by atoms with Gasteiger partial charge in [0.2, 0.25) is 5.91 Å². The van der Waals surface area contributed by atoms with Gasteiger partial charge < -0.3 is 14.9 Å². The van der Waals surface area contributed by atoms with Crippen molar-refractivity contribution in [1.29, 1.82) is 0 Å². The minimum absolute atomic E-state index is 0.0394. The first-order chi connectivity index (χ1) is 14.0. The van der Waals surface area contributed by atoms with Crippen LogP contribution in [-0.2, 0) is 11.8 Å². The van der Waals surface area contributed by atoms with E-state index >= 15 is 0 Å². The van der Waals surface area contributed by atoms with E-state index in [1.165, 1.54) is 12.1 Å². The number of rotatable bonds is 5. The number of hydrogen-bond acceptors (Lipinski definition) is 2. The van der Waals surface area contributed by atoms with Crippen molar-refractivity contribution in [2.24, 2.45) is 13.0 Å². The summed E-state index contributed by atoms with van der Waals surface area (Å²) in [5.74, 6) is 1.41. The Morgan fingerprint density at radius 3 is 2.97 bits per heavy atom. The SMILES string of the molecule is C[C@H](NC(=O)C[C@@H]1C[C@@H]1c1nc2ccccc2[nH]1)c1cc2cc(F)ccc2n1C. The van der Waals surface area contributed by atoms with E-state index in [1.54, 1.807) is 6.07 Å². The second-order valence-electron chi connectivity index (χ2n) is 8.07. The van der Waals surface area contributed by atoms with Gasteiger partial charge in [-0.3, -0.25) is 4.79 Å². The van der Waals surface area contributed by atoms with Crippen LogP contribution in [0.25, 0.3) is 21.9 Å². The van der Waals surface area contributed by atoms with Gasteiger partial charge in [-0.05, 0) is 55.7 Å². The molecule has 5 nitrogen and oxygen atoms in total. The van der Waals surface area contributed by atoms with Crippen LogP contribution in [0.2, 0.25) is 0 Å². The first-order valence-electron chi connectivity index (χ1n) is 9.98. The molecule has 0 spiro atoms. The number of amides is 1. The summed E-state index contributed by atoms with van der Waals surface area (Å²) < 4.78 is 15.5. The summed E-state index contributed by atoms with van der Waals surface area (Å²) in [6.45, 7) is 1.96. The molecule has 1 aliphatic rings. The predicted octanol–water partition coefficient (Wildman–Crippen LogP) is 4.56. The fourth-order valence-corrected chi connectivity index (χ4v) is 4.33. The molecule has 1 aliphatic carbocycles. The first-order valence-corrected chi connectivity index (χ1v) is 9.98. The number of aromatic amines is 1. The van der Waals surface area contributed by atoms with Crippen LogP contribution in [0.1, 0.15) is 43.2 Å². The molecule has 0 radical (unpaired) electrons. The van der Waals surface area contributed by atoms with E-state index in [-0.39, 0.29) is 17.8 Å². The average Bonchev–Trinajstić information content (AvgIpc) is 3.18. The number of carbonyl (C=O) groups is 1. The molecule has 148 valence electrons. The van der Waals surface area contributed by atoms with E-state index in [9.17, 15) is 9.18 Å². The van der Waals surface area contributed by atoms with Gasteiger partial charge in [-0.1, -0.05) is 12.1 Å². The number of halogens is 1. The maximum absolute atomic E-state index is 13.5. The summed E-state index contributed by atoms with van der Waals surface area (Å²) in [5, 5.41) is 3.94. The number of nitrogens with one attached hydrogen (secondary N) is 2. The minimum Gasteiger partial charge on any atom is -0.348 e. The quantitative estimate of drug-likeness (QED) is 0.525. The number of benzene rings is 2. The number of aryl methyl sites for hydroxylation is 1. The lowest BCUT2D eigenvalue weighted by molar-refractivity contribution is -0.122. The van der Waals surface area contributed by atoms with E-state index in [0.29, 0.717) is 18.3 Å². The van der Waals surface area contributed by atoms with Crippen molar-refractivity contribution in [3.8, 4) is 0 Å². The largest absolute Gasteiger partial charge is 0.348 e. The van der Waals surface area contributed by atoms with Crippen molar-refractivity contribution in [3.63, 3.8) is 0 Å². The fourth-order valence-electron chi connectivity index (χ4n) is 4.33. The molecule has 0 unspecified atom stereocenters. The third-order valence-electron chi connectivity index (χ3n) is 5.99. The highest BCUT2D eigenvalue weighted by Crippen LogP contribution is 2.48. The van der Waals surface area contributed by atoms with Gasteiger partial charge in [0, 0.05) is 36.0 Å². The Morgan fingerprint density at radius 1 is 1.31 bits per heavy atom. The minimum atomic E-state index is -0.253. The Hall–Kier alpha value is -3.15. The van der Waals surface area contributed by atoms with Crippen LogP contribution in [-0.4, -0.2) is 20.4 Å². The van der Waals surface area contributed by atoms with Gasteiger partial charge >= 0.3 is 0 Å². The van der Waals surface area contributed by atoms with Crippen LogP contribution < -0.4 is 5.32 Å². The van der Waals surface area contributed by atoms with Gasteiger partial charge in [-0.2, -0.15) is 0 Å². The Bertz CT molecular complexity index is 1190. The zero-order chi connectivity index (χ0) is 20.1. The fraction of sp³-hybridized carbons (Fsp3) is 0.304. The molecule has 0 aliphatic heterocycles. The smallest absolute Gasteiger partial charge is 0.220 e. The van der Waals surface area contributed by atoms with E-state index in [2.05, 4.69) is 15.3 Å². The van der Waals surface area contributed by atoms with Gasteiger partial charge in [0.1, 0.15) is 11.6 Å². The first kappa shape index (κ1) is 17.9. The summed E-state index contributed by atoms with van der Waals surface area (Å²) in [6, 6.07) is 14.5. The van der Waals surface area contributed by atoms with Crippen LogP contribution >= 0.6 is 0 Å². The lowest BCUT2D eigenvalue weighted by atomic mass is 10.2. The molecule has 5 rings (SSSR count). The molecular weight excluding hydrogens is 367 g/mol. The van der Waals surface area contributed by atoms with E-state index in [0.717, 1.165) is 39.9 Å². The van der Waals surface area contributed by atoms with Crippen LogP contribution in [0.3, 0.4) is 0 Å². The number of imidazole rings is 1. The number of para-hydroxylation sites is 2. The van der Waals surface area contributed by atoms with Gasteiger partial charge in [0.15, 0.2) is 0 Å². The third-order valence-corrected chi connectivity index (χ3v) is 5.99. The molecule has 2 aromatic carbocycles. The molecule has 2 aromatic heterocycles. The number of nitrogens with zero attached hydrogens (tertiary/aromatic N) is 2. The molecule has 1 fully saturated rings. The zero-order valence-corrected chi connectivity index (χ0v) is 16.4. The number of aromatic nitrogens is 3. The second kappa shape index (κ2) is 6.72. The third kappa shape index (κ3) is 3.28. The summed E-state index contributed by atoms with van der Waals surface area (Å²) in [4.78, 5) is 20.6. The monoisotopic (exact) mass is 390 g/mol. The highest BCUT2D eigenvalue weighted by Gasteiger charge is 2.41. The molecule has 2 heterocycles. The number of carbonyl (C=O) groups excluding carboxylic acids is 1. The Balaban J connectivity index is 1.24. The maximum atomic E-state index is 13.5. The summed E-state index contributed by atoms with van der Waals surface area (Å²) in [6.07, 6.45) is 1.47. The van der Waals surface area contributed by atoms with Crippen LogP contribution in [0.5, 0.6) is 0 Å². The molecule has 4 aromatic rings. The lowest BCUT2D eigenvalue weighted by Gasteiger charge is -2.15. The molecule has 0 saturated heterocycles. The Kier molecular flexibility index (Phi) is 4.15. The molecule has 6 heteroatoms. The summed E-state index contributed by atoms with van der Waals surface area (Å²) in [7, 11) is 1.94. The summed E-state index contributed by atoms with van der Waals surface area (Å²) >= 11 is 0. The maximum Gasteiger partial charge on any atom is 0.220 e. The van der Waals surface area contributed by atoms with Crippen molar-refractivity contribution < 1.29 is 9.18 Å². The molecule has 0 bridgehead atoms. The molecule has 3 atom stereocenters. The number of H-pyrrole nitrogens is 1. The van der Waals surface area contributed by atoms with Gasteiger partial charge in [0.05, 0.1) is 17.1 Å². The van der Waals surface area contributed by atoms with Crippen LogP contribution in [0.15, 0.2) is 48.5 Å². The Labute approximate surface area is 167 Å². The average molecular weight is 390 g/mol. The van der Waals surface area contributed by atoms with E-state index < -0.39 is 0 Å². The number of hydrogen-bond donors (Lipinski definition) is 2. The van der Waals surface area contributed by atoms with Crippen molar-refractivity contribution in [1.82, 2.24) is 19.9 Å². The molecule has 1 saturated carbocycles. The lowest BCUT2D eigenvalue weighted by Crippen LogP contribution is -2.28. The highest BCUT2D eigenvalue weighted by molar-refractivity contribution is 5.82. The van der Waals surface area contributed by atoms with Crippen molar-refractivity contribution in [3.05, 3.63) is 65.9 Å². The topological polar surface area (TPSA) is 62.7 Å². The summed E-state index contributed by atoms with van der Waals surface area (Å²) in [5.41, 5.74) is 3.93. The van der Waals surface area contributed by atoms with Gasteiger partial charge in [0.25, 0.3) is 0 Å². The van der Waals surface area contributed by atoms with Crippen LogP contribution in [0, 0.1) is 11.7 Å². The highest BCUT2D eigenvalue weighted by atomic mass is 19.1. The van der Waals surface area contributed by atoms with Crippen LogP contribution in [0.4, 0.5) is 4.39 Å². The second-order valence-corrected chi connectivity index (χ2v) is 8.07. The molecule has 2 N–H and O–H groups in total. The van der Waals surface area contributed by atoms with Gasteiger partial charge in [-0.25, -0.2) is 9.37 Å². The van der Waals surface area contributed by atoms with Crippen molar-refractivity contribution in [2.45, 2.75) is 31.7 Å². The van der Waals surface area contributed by atoms with E-state index in [1.807, 2.05) is 48.9 Å². The normalized spacial score (nSPS) is 19.6. The van der Waals surface area contributed by atoms with Gasteiger partial charge in [-0.15, -0.1) is 0 Å². The Morgan fingerprint density at radius 2 is 2.14 bits per heavy atom. The molecule has 1 amide bonds. The predicted molar refractivity (Wildman–Crippen MR) is 111 cm³/mol. The standard InChI is InChI=1S/C23H23FN4O/c1-13(21-11-15-9-16(24)7-8-20(15)28(21)2)25-22(29)12-14-10-17(14)23-26-18-5-3-4-6-19(18)27-23/h3-9,11,13-14,17H,10,12H2,1-2H3,(H,25,29)(H,26,27)/t13-,14-,17-/m0/s1. The van der Waals surface area contributed by atoms with Crippen molar-refractivity contribution in [2.75, 3.05) is 0 Å². The molecular formula is C23H23FN4O. The zero-order valence-electron chi connectivity index (χ0n) is 16.4.